The number of halogens is 4. The van der Waals surface area contributed by atoms with Crippen molar-refractivity contribution >= 4 is 10.8 Å². The van der Waals surface area contributed by atoms with Gasteiger partial charge >= 0.3 is 0 Å². The fourth-order valence-electron chi connectivity index (χ4n) is 3.40. The number of hydrogen-bond acceptors (Lipinski definition) is 0. The van der Waals surface area contributed by atoms with Crippen LogP contribution in [0.25, 0.3) is 10.8 Å². The van der Waals surface area contributed by atoms with Crippen molar-refractivity contribution in [1.29, 1.82) is 0 Å². The highest BCUT2D eigenvalue weighted by molar-refractivity contribution is 5.84. The van der Waals surface area contributed by atoms with Gasteiger partial charge in [0, 0.05) is 22.1 Å². The Labute approximate surface area is 189 Å². The number of aryl methyl sites for hydroxylation is 1. The first kappa shape index (κ1) is 22.2. The van der Waals surface area contributed by atoms with Gasteiger partial charge < -0.3 is 0 Å². The van der Waals surface area contributed by atoms with E-state index < -0.39 is 23.3 Å². The van der Waals surface area contributed by atoms with Crippen molar-refractivity contribution in [2.24, 2.45) is 0 Å². The van der Waals surface area contributed by atoms with Crippen molar-refractivity contribution in [3.05, 3.63) is 118 Å². The van der Waals surface area contributed by atoms with Gasteiger partial charge in [-0.3, -0.25) is 0 Å². The van der Waals surface area contributed by atoms with Crippen molar-refractivity contribution < 1.29 is 17.6 Å². The largest absolute Gasteiger partial charge is 0.206 e. The molecule has 0 nitrogen and oxygen atoms in total. The quantitative estimate of drug-likeness (QED) is 0.176. The van der Waals surface area contributed by atoms with Gasteiger partial charge in [0.15, 0.2) is 17.5 Å². The van der Waals surface area contributed by atoms with Gasteiger partial charge in [-0.05, 0) is 65.9 Å². The number of hydrogen-bond donors (Lipinski definition) is 0. The Hall–Kier alpha value is -4.02. The molecule has 0 fully saturated rings. The second-order valence-electron chi connectivity index (χ2n) is 7.56. The van der Waals surface area contributed by atoms with E-state index in [-0.39, 0.29) is 16.3 Å². The molecule has 4 rings (SSSR count). The highest BCUT2D eigenvalue weighted by Gasteiger charge is 2.13. The van der Waals surface area contributed by atoms with E-state index in [0.29, 0.717) is 11.1 Å². The van der Waals surface area contributed by atoms with Gasteiger partial charge in [-0.25, -0.2) is 17.6 Å². The SMILES string of the molecule is CCCc1ccc(C#Cc2ccc(C#Cc3ccc4c(F)c(F)c(F)cc4c3)c(F)c2)cc1. The second kappa shape index (κ2) is 9.63. The van der Waals surface area contributed by atoms with Crippen molar-refractivity contribution in [2.75, 3.05) is 0 Å². The highest BCUT2D eigenvalue weighted by Crippen LogP contribution is 2.24. The summed E-state index contributed by atoms with van der Waals surface area (Å²) in [5, 5.41) is 0.126. The molecule has 4 aromatic carbocycles. The van der Waals surface area contributed by atoms with E-state index in [1.165, 1.54) is 35.9 Å². The van der Waals surface area contributed by atoms with Gasteiger partial charge in [0.05, 0.1) is 5.56 Å². The molecular weight excluding hydrogens is 424 g/mol. The minimum absolute atomic E-state index is 0.0476. The van der Waals surface area contributed by atoms with Gasteiger partial charge in [0.2, 0.25) is 0 Å². The summed E-state index contributed by atoms with van der Waals surface area (Å²) in [6.45, 7) is 2.13. The van der Waals surface area contributed by atoms with Crippen LogP contribution >= 0.6 is 0 Å². The van der Waals surface area contributed by atoms with Crippen LogP contribution in [0.3, 0.4) is 0 Å². The van der Waals surface area contributed by atoms with Crippen LogP contribution in [-0.4, -0.2) is 0 Å². The molecule has 0 amide bonds. The van der Waals surface area contributed by atoms with Crippen LogP contribution in [0.4, 0.5) is 17.6 Å². The van der Waals surface area contributed by atoms with E-state index >= 15 is 0 Å². The highest BCUT2D eigenvalue weighted by atomic mass is 19.2. The van der Waals surface area contributed by atoms with E-state index in [2.05, 4.69) is 30.6 Å². The molecule has 0 spiro atoms. The maximum Gasteiger partial charge on any atom is 0.195 e. The first-order valence-corrected chi connectivity index (χ1v) is 10.4. The third kappa shape index (κ3) is 5.08. The van der Waals surface area contributed by atoms with Gasteiger partial charge in [0.25, 0.3) is 0 Å². The van der Waals surface area contributed by atoms with Crippen molar-refractivity contribution in [2.45, 2.75) is 19.8 Å². The van der Waals surface area contributed by atoms with Crippen molar-refractivity contribution in [3.8, 4) is 23.7 Å². The fraction of sp³-hybridized carbons (Fsp3) is 0.103. The molecule has 0 heterocycles. The van der Waals surface area contributed by atoms with Crippen LogP contribution in [0.5, 0.6) is 0 Å². The monoisotopic (exact) mass is 442 g/mol. The smallest absolute Gasteiger partial charge is 0.195 e. The summed E-state index contributed by atoms with van der Waals surface area (Å²) in [4.78, 5) is 0. The molecule has 0 saturated carbocycles. The average Bonchev–Trinajstić information content (AvgIpc) is 2.81. The molecule has 33 heavy (non-hydrogen) atoms. The summed E-state index contributed by atoms with van der Waals surface area (Å²) in [7, 11) is 0. The second-order valence-corrected chi connectivity index (χ2v) is 7.56. The molecule has 4 aromatic rings. The minimum atomic E-state index is -1.51. The molecule has 4 heteroatoms. The average molecular weight is 442 g/mol. The lowest BCUT2D eigenvalue weighted by Crippen LogP contribution is -1.92. The third-order valence-corrected chi connectivity index (χ3v) is 5.13. The zero-order valence-corrected chi connectivity index (χ0v) is 17.8. The van der Waals surface area contributed by atoms with Crippen LogP contribution in [0.1, 0.15) is 41.2 Å². The van der Waals surface area contributed by atoms with E-state index in [4.69, 9.17) is 0 Å². The molecule has 0 aliphatic heterocycles. The van der Waals surface area contributed by atoms with Crippen LogP contribution in [0, 0.1) is 47.0 Å². The van der Waals surface area contributed by atoms with Gasteiger partial charge in [-0.1, -0.05) is 55.2 Å². The summed E-state index contributed by atoms with van der Waals surface area (Å²) in [6.07, 6.45) is 2.10. The Bertz CT molecular complexity index is 1460. The Balaban J connectivity index is 1.55. The Morgan fingerprint density at radius 3 is 1.97 bits per heavy atom. The Morgan fingerprint density at radius 1 is 0.606 bits per heavy atom. The number of benzene rings is 4. The van der Waals surface area contributed by atoms with Crippen molar-refractivity contribution in [1.82, 2.24) is 0 Å². The number of fused-ring (bicyclic) bond motifs is 1. The lowest BCUT2D eigenvalue weighted by atomic mass is 10.1. The first-order valence-electron chi connectivity index (χ1n) is 10.4. The summed E-state index contributed by atoms with van der Waals surface area (Å²) >= 11 is 0. The summed E-state index contributed by atoms with van der Waals surface area (Å²) < 4.78 is 55.2. The molecule has 0 atom stereocenters. The molecule has 0 bridgehead atoms. The van der Waals surface area contributed by atoms with Crippen LogP contribution in [0.15, 0.2) is 66.7 Å². The van der Waals surface area contributed by atoms with E-state index in [0.717, 1.165) is 24.5 Å². The zero-order chi connectivity index (χ0) is 23.4. The minimum Gasteiger partial charge on any atom is -0.206 e. The van der Waals surface area contributed by atoms with E-state index in [1.807, 2.05) is 24.3 Å². The van der Waals surface area contributed by atoms with Gasteiger partial charge in [-0.15, -0.1) is 0 Å². The predicted molar refractivity (Wildman–Crippen MR) is 123 cm³/mol. The summed E-state index contributed by atoms with van der Waals surface area (Å²) in [5.74, 6) is 6.91. The first-order chi connectivity index (χ1) is 15.9. The van der Waals surface area contributed by atoms with Crippen LogP contribution < -0.4 is 0 Å². The fourth-order valence-corrected chi connectivity index (χ4v) is 3.40. The normalized spacial score (nSPS) is 10.3. The Kier molecular flexibility index (Phi) is 6.48. The molecule has 0 aliphatic rings. The topological polar surface area (TPSA) is 0 Å². The van der Waals surface area contributed by atoms with E-state index in [1.54, 1.807) is 6.07 Å². The Morgan fingerprint density at radius 2 is 1.24 bits per heavy atom. The lowest BCUT2D eigenvalue weighted by Gasteiger charge is -2.02. The number of rotatable bonds is 2. The molecule has 162 valence electrons. The maximum atomic E-state index is 14.5. The molecule has 0 N–H and O–H groups in total. The van der Waals surface area contributed by atoms with Crippen LogP contribution in [0.2, 0.25) is 0 Å². The molecule has 0 aliphatic carbocycles. The third-order valence-electron chi connectivity index (χ3n) is 5.13. The molecule has 0 radical (unpaired) electrons. The standard InChI is InChI=1S/C29H18F4/c1-2-3-19-4-6-20(7-5-19)8-9-22-11-14-23(26(30)17-22)13-10-21-12-15-25-24(16-21)18-27(31)29(33)28(25)32/h4-7,11-12,14-18H,2-3H2,1H3. The van der Waals surface area contributed by atoms with Gasteiger partial charge in [0.1, 0.15) is 5.82 Å². The molecule has 0 unspecified atom stereocenters. The predicted octanol–water partition coefficient (Wildman–Crippen LogP) is 7.15. The zero-order valence-electron chi connectivity index (χ0n) is 17.8. The summed E-state index contributed by atoms with van der Waals surface area (Å²) in [5.41, 5.74) is 3.21. The summed E-state index contributed by atoms with van der Waals surface area (Å²) in [6, 6.07) is 17.6. The van der Waals surface area contributed by atoms with Gasteiger partial charge in [-0.2, -0.15) is 0 Å². The molecule has 0 aromatic heterocycles. The lowest BCUT2D eigenvalue weighted by molar-refractivity contribution is 0.453. The molecular formula is C29H18F4. The van der Waals surface area contributed by atoms with Crippen molar-refractivity contribution in [3.63, 3.8) is 0 Å². The maximum absolute atomic E-state index is 14.5. The molecule has 0 saturated heterocycles. The van der Waals surface area contributed by atoms with Crippen LogP contribution in [-0.2, 0) is 6.42 Å². The van der Waals surface area contributed by atoms with E-state index in [9.17, 15) is 17.6 Å².